The maximum Gasteiger partial charge on any atom is 0.221 e. The van der Waals surface area contributed by atoms with Crippen LogP contribution in [-0.2, 0) is 11.2 Å². The number of aryl methyl sites for hydroxylation is 1. The Hall–Kier alpha value is -1.57. The van der Waals surface area contributed by atoms with E-state index in [2.05, 4.69) is 18.8 Å². The minimum absolute atomic E-state index is 0.0884. The summed E-state index contributed by atoms with van der Waals surface area (Å²) in [6.07, 6.45) is 1.02. The molecule has 0 aliphatic carbocycles. The minimum Gasteiger partial charge on any atom is -0.326 e. The van der Waals surface area contributed by atoms with E-state index in [1.165, 1.54) is 12.5 Å². The summed E-state index contributed by atoms with van der Waals surface area (Å²) in [5.74, 6) is -0.0884. The zero-order chi connectivity index (χ0) is 10.6. The summed E-state index contributed by atoms with van der Waals surface area (Å²) in [6, 6.07) is 8.03. The highest BCUT2D eigenvalue weighted by Crippen LogP contribution is 2.11. The molecule has 2 nitrogen and oxygen atoms in total. The average molecular weight is 189 g/mol. The largest absolute Gasteiger partial charge is 0.326 e. The molecule has 0 aliphatic heterocycles. The summed E-state index contributed by atoms with van der Waals surface area (Å²) in [6.45, 7) is 7.38. The molecule has 14 heavy (non-hydrogen) atoms. The molecule has 1 aromatic carbocycles. The summed E-state index contributed by atoms with van der Waals surface area (Å²) >= 11 is 0. The predicted molar refractivity (Wildman–Crippen MR) is 58.7 cm³/mol. The SMILES string of the molecule is C=C(NC(C)=O)c1ccc(CC)cc1. The van der Waals surface area contributed by atoms with E-state index in [0.29, 0.717) is 5.70 Å². The van der Waals surface area contributed by atoms with Gasteiger partial charge in [0.05, 0.1) is 0 Å². The maximum atomic E-state index is 10.8. The molecule has 1 aromatic rings. The standard InChI is InChI=1S/C12H15NO/c1-4-11-5-7-12(8-6-11)9(2)13-10(3)14/h5-8H,2,4H2,1,3H3,(H,13,14). The molecule has 0 saturated heterocycles. The summed E-state index contributed by atoms with van der Waals surface area (Å²) in [4.78, 5) is 10.8. The van der Waals surface area contributed by atoms with Gasteiger partial charge in [-0.15, -0.1) is 0 Å². The van der Waals surface area contributed by atoms with Crippen molar-refractivity contribution in [2.75, 3.05) is 0 Å². The van der Waals surface area contributed by atoms with Crippen LogP contribution in [0.3, 0.4) is 0 Å². The topological polar surface area (TPSA) is 29.1 Å². The lowest BCUT2D eigenvalue weighted by Crippen LogP contribution is -2.17. The van der Waals surface area contributed by atoms with Gasteiger partial charge in [-0.25, -0.2) is 0 Å². The van der Waals surface area contributed by atoms with Gasteiger partial charge >= 0.3 is 0 Å². The van der Waals surface area contributed by atoms with E-state index in [0.717, 1.165) is 12.0 Å². The van der Waals surface area contributed by atoms with Crippen molar-refractivity contribution in [1.29, 1.82) is 0 Å². The van der Waals surface area contributed by atoms with Crippen molar-refractivity contribution >= 4 is 11.6 Å². The van der Waals surface area contributed by atoms with Crippen molar-refractivity contribution in [3.05, 3.63) is 42.0 Å². The van der Waals surface area contributed by atoms with E-state index < -0.39 is 0 Å². The lowest BCUT2D eigenvalue weighted by molar-refractivity contribution is -0.117. The molecule has 0 bridgehead atoms. The first-order valence-corrected chi connectivity index (χ1v) is 4.69. The number of rotatable bonds is 3. The molecule has 0 fully saturated rings. The van der Waals surface area contributed by atoms with Gasteiger partial charge in [-0.2, -0.15) is 0 Å². The Morgan fingerprint density at radius 3 is 2.36 bits per heavy atom. The molecule has 2 heteroatoms. The van der Waals surface area contributed by atoms with Crippen LogP contribution in [0.5, 0.6) is 0 Å². The second-order valence-corrected chi connectivity index (χ2v) is 3.21. The summed E-state index contributed by atoms with van der Waals surface area (Å²) in [7, 11) is 0. The van der Waals surface area contributed by atoms with Gasteiger partial charge in [-0.3, -0.25) is 4.79 Å². The Labute approximate surface area is 84.6 Å². The Morgan fingerprint density at radius 1 is 1.36 bits per heavy atom. The van der Waals surface area contributed by atoms with Crippen LogP contribution in [0.15, 0.2) is 30.8 Å². The third kappa shape index (κ3) is 2.73. The quantitative estimate of drug-likeness (QED) is 0.777. The van der Waals surface area contributed by atoms with Gasteiger partial charge < -0.3 is 5.32 Å². The highest BCUT2D eigenvalue weighted by atomic mass is 16.1. The van der Waals surface area contributed by atoms with E-state index >= 15 is 0 Å². The molecule has 0 spiro atoms. The summed E-state index contributed by atoms with van der Waals surface area (Å²) in [5, 5.41) is 2.66. The molecule has 0 aromatic heterocycles. The van der Waals surface area contributed by atoms with Crippen LogP contribution in [0, 0.1) is 0 Å². The second kappa shape index (κ2) is 4.61. The summed E-state index contributed by atoms with van der Waals surface area (Å²) < 4.78 is 0. The monoisotopic (exact) mass is 189 g/mol. The first-order valence-electron chi connectivity index (χ1n) is 4.69. The molecule has 1 amide bonds. The van der Waals surface area contributed by atoms with Gasteiger partial charge in [0.15, 0.2) is 0 Å². The second-order valence-electron chi connectivity index (χ2n) is 3.21. The zero-order valence-electron chi connectivity index (χ0n) is 8.63. The molecule has 1 rings (SSSR count). The van der Waals surface area contributed by atoms with Gasteiger partial charge in [-0.05, 0) is 17.5 Å². The third-order valence-corrected chi connectivity index (χ3v) is 2.04. The average Bonchev–Trinajstić information content (AvgIpc) is 2.17. The molecule has 74 valence electrons. The molecular formula is C12H15NO. The van der Waals surface area contributed by atoms with Crippen LogP contribution in [0.2, 0.25) is 0 Å². The third-order valence-electron chi connectivity index (χ3n) is 2.04. The Kier molecular flexibility index (Phi) is 3.46. The summed E-state index contributed by atoms with van der Waals surface area (Å²) in [5.41, 5.74) is 2.89. The van der Waals surface area contributed by atoms with E-state index in [1.807, 2.05) is 24.3 Å². The Bertz CT molecular complexity index is 338. The molecule has 0 atom stereocenters. The molecule has 0 saturated carbocycles. The fourth-order valence-corrected chi connectivity index (χ4v) is 1.23. The van der Waals surface area contributed by atoms with E-state index in [1.54, 1.807) is 0 Å². The molecule has 1 N–H and O–H groups in total. The first-order chi connectivity index (χ1) is 6.63. The predicted octanol–water partition coefficient (Wildman–Crippen LogP) is 2.36. The van der Waals surface area contributed by atoms with Crippen molar-refractivity contribution in [2.45, 2.75) is 20.3 Å². The fourth-order valence-electron chi connectivity index (χ4n) is 1.23. The van der Waals surface area contributed by atoms with Crippen LogP contribution in [0.25, 0.3) is 5.70 Å². The van der Waals surface area contributed by atoms with Crippen LogP contribution in [0.1, 0.15) is 25.0 Å². The van der Waals surface area contributed by atoms with E-state index in [4.69, 9.17) is 0 Å². The molecule has 0 unspecified atom stereocenters. The van der Waals surface area contributed by atoms with Crippen molar-refractivity contribution in [2.24, 2.45) is 0 Å². The Balaban J connectivity index is 2.76. The smallest absolute Gasteiger partial charge is 0.221 e. The lowest BCUT2D eigenvalue weighted by Gasteiger charge is -2.06. The van der Waals surface area contributed by atoms with Crippen LogP contribution < -0.4 is 5.32 Å². The number of amides is 1. The minimum atomic E-state index is -0.0884. The number of nitrogens with one attached hydrogen (secondary N) is 1. The van der Waals surface area contributed by atoms with Crippen molar-refractivity contribution < 1.29 is 4.79 Å². The zero-order valence-corrected chi connectivity index (χ0v) is 8.63. The van der Waals surface area contributed by atoms with Crippen LogP contribution in [-0.4, -0.2) is 5.91 Å². The van der Waals surface area contributed by atoms with E-state index in [9.17, 15) is 4.79 Å². The molecular weight excluding hydrogens is 174 g/mol. The highest BCUT2D eigenvalue weighted by molar-refractivity contribution is 5.84. The number of benzene rings is 1. The number of hydrogen-bond acceptors (Lipinski definition) is 1. The lowest BCUT2D eigenvalue weighted by atomic mass is 10.1. The number of carbonyl (C=O) groups excluding carboxylic acids is 1. The maximum absolute atomic E-state index is 10.8. The van der Waals surface area contributed by atoms with Crippen LogP contribution >= 0.6 is 0 Å². The van der Waals surface area contributed by atoms with Crippen LogP contribution in [0.4, 0.5) is 0 Å². The first kappa shape index (κ1) is 10.5. The number of carbonyl (C=O) groups is 1. The van der Waals surface area contributed by atoms with Gasteiger partial charge in [0.1, 0.15) is 0 Å². The van der Waals surface area contributed by atoms with Gasteiger partial charge in [0, 0.05) is 12.6 Å². The highest BCUT2D eigenvalue weighted by Gasteiger charge is 1.99. The van der Waals surface area contributed by atoms with Gasteiger partial charge in [0.2, 0.25) is 5.91 Å². The van der Waals surface area contributed by atoms with Crippen molar-refractivity contribution in [3.8, 4) is 0 Å². The molecule has 0 heterocycles. The van der Waals surface area contributed by atoms with Crippen molar-refractivity contribution in [1.82, 2.24) is 5.32 Å². The molecule has 0 radical (unpaired) electrons. The molecule has 0 aliphatic rings. The van der Waals surface area contributed by atoms with Crippen molar-refractivity contribution in [3.63, 3.8) is 0 Å². The van der Waals surface area contributed by atoms with Gasteiger partial charge in [-0.1, -0.05) is 37.8 Å². The van der Waals surface area contributed by atoms with Gasteiger partial charge in [0.25, 0.3) is 0 Å². The van der Waals surface area contributed by atoms with E-state index in [-0.39, 0.29) is 5.91 Å². The Morgan fingerprint density at radius 2 is 1.93 bits per heavy atom. The fraction of sp³-hybridized carbons (Fsp3) is 0.250. The normalized spacial score (nSPS) is 9.57. The number of hydrogen-bond donors (Lipinski definition) is 1.